The smallest absolute Gasteiger partial charge is 0.325 e. The molecule has 1 amide bonds. The van der Waals surface area contributed by atoms with Gasteiger partial charge in [-0.25, -0.2) is 0 Å². The van der Waals surface area contributed by atoms with Gasteiger partial charge in [0.1, 0.15) is 11.8 Å². The SMILES string of the molecule is C[C@H](NC(=O)c1ccc2ccccc2c1O)C(=O)O. The van der Waals surface area contributed by atoms with E-state index in [1.54, 1.807) is 18.2 Å². The Kier molecular flexibility index (Phi) is 3.37. The number of carbonyl (C=O) groups is 2. The second kappa shape index (κ2) is 4.97. The number of fused-ring (bicyclic) bond motifs is 1. The molecule has 0 aliphatic carbocycles. The van der Waals surface area contributed by atoms with Gasteiger partial charge in [-0.3, -0.25) is 9.59 Å². The highest BCUT2D eigenvalue weighted by Crippen LogP contribution is 2.28. The third-order valence-electron chi connectivity index (χ3n) is 2.86. The molecule has 3 N–H and O–H groups in total. The molecule has 0 fully saturated rings. The van der Waals surface area contributed by atoms with Gasteiger partial charge in [-0.2, -0.15) is 0 Å². The predicted molar refractivity (Wildman–Crippen MR) is 70.2 cm³/mol. The second-order valence-corrected chi connectivity index (χ2v) is 4.22. The number of amides is 1. The summed E-state index contributed by atoms with van der Waals surface area (Å²) in [5.74, 6) is -1.89. The minimum atomic E-state index is -1.13. The Morgan fingerprint density at radius 2 is 1.84 bits per heavy atom. The van der Waals surface area contributed by atoms with Crippen molar-refractivity contribution in [3.63, 3.8) is 0 Å². The number of benzene rings is 2. The molecule has 1 atom stereocenters. The van der Waals surface area contributed by atoms with Crippen molar-refractivity contribution in [1.29, 1.82) is 0 Å². The van der Waals surface area contributed by atoms with E-state index in [1.807, 2.05) is 12.1 Å². The van der Waals surface area contributed by atoms with E-state index in [2.05, 4.69) is 5.32 Å². The molecule has 0 saturated carbocycles. The average Bonchev–Trinajstić information content (AvgIpc) is 2.39. The largest absolute Gasteiger partial charge is 0.506 e. The number of carboxylic acid groups (broad SMARTS) is 1. The molecule has 0 aliphatic rings. The minimum Gasteiger partial charge on any atom is -0.506 e. The molecule has 0 spiro atoms. The predicted octanol–water partition coefficient (Wildman–Crippen LogP) is 1.75. The molecule has 2 aromatic carbocycles. The van der Waals surface area contributed by atoms with Crippen LogP contribution in [0.2, 0.25) is 0 Å². The summed E-state index contributed by atoms with van der Waals surface area (Å²) in [6.07, 6.45) is 0. The van der Waals surface area contributed by atoms with Gasteiger partial charge in [-0.05, 0) is 18.4 Å². The zero-order valence-electron chi connectivity index (χ0n) is 10.3. The average molecular weight is 259 g/mol. The molecule has 0 aromatic heterocycles. The molecule has 2 rings (SSSR count). The quantitative estimate of drug-likeness (QED) is 0.783. The van der Waals surface area contributed by atoms with Crippen molar-refractivity contribution in [2.75, 3.05) is 0 Å². The topological polar surface area (TPSA) is 86.6 Å². The standard InChI is InChI=1S/C14H13NO4/c1-8(14(18)19)15-13(17)11-7-6-9-4-2-3-5-10(9)12(11)16/h2-8,16H,1H3,(H,15,17)(H,18,19)/t8-/m0/s1. The van der Waals surface area contributed by atoms with Crippen LogP contribution in [-0.2, 0) is 4.79 Å². The third kappa shape index (κ3) is 2.49. The fourth-order valence-corrected chi connectivity index (χ4v) is 1.77. The van der Waals surface area contributed by atoms with E-state index in [4.69, 9.17) is 5.11 Å². The summed E-state index contributed by atoms with van der Waals surface area (Å²) in [6, 6.07) is 9.26. The number of carboxylic acids is 1. The lowest BCUT2D eigenvalue weighted by Crippen LogP contribution is -2.38. The first kappa shape index (κ1) is 12.9. The Morgan fingerprint density at radius 1 is 1.16 bits per heavy atom. The molecule has 5 heteroatoms. The van der Waals surface area contributed by atoms with Crippen molar-refractivity contribution in [1.82, 2.24) is 5.32 Å². The molecule has 5 nitrogen and oxygen atoms in total. The Balaban J connectivity index is 2.38. The van der Waals surface area contributed by atoms with Crippen LogP contribution in [-0.4, -0.2) is 28.1 Å². The fraction of sp³-hybridized carbons (Fsp3) is 0.143. The van der Waals surface area contributed by atoms with E-state index < -0.39 is 17.9 Å². The Hall–Kier alpha value is -2.56. The second-order valence-electron chi connectivity index (χ2n) is 4.22. The summed E-state index contributed by atoms with van der Waals surface area (Å²) in [7, 11) is 0. The minimum absolute atomic E-state index is 0.0619. The molecule has 19 heavy (non-hydrogen) atoms. The van der Waals surface area contributed by atoms with Crippen LogP contribution in [0, 0.1) is 0 Å². The monoisotopic (exact) mass is 259 g/mol. The normalized spacial score (nSPS) is 12.1. The van der Waals surface area contributed by atoms with E-state index in [0.29, 0.717) is 5.39 Å². The molecular weight excluding hydrogens is 246 g/mol. The maximum absolute atomic E-state index is 11.9. The lowest BCUT2D eigenvalue weighted by atomic mass is 10.0. The first-order chi connectivity index (χ1) is 9.00. The highest BCUT2D eigenvalue weighted by molar-refractivity contribution is 6.04. The van der Waals surface area contributed by atoms with Gasteiger partial charge in [0, 0.05) is 5.39 Å². The fourth-order valence-electron chi connectivity index (χ4n) is 1.77. The summed E-state index contributed by atoms with van der Waals surface area (Å²) in [5, 5.41) is 22.5. The van der Waals surface area contributed by atoms with Crippen LogP contribution in [0.25, 0.3) is 10.8 Å². The van der Waals surface area contributed by atoms with Crippen LogP contribution in [0.3, 0.4) is 0 Å². The molecule has 0 heterocycles. The van der Waals surface area contributed by atoms with Crippen molar-refractivity contribution in [2.45, 2.75) is 13.0 Å². The summed E-state index contributed by atoms with van der Waals surface area (Å²) >= 11 is 0. The van der Waals surface area contributed by atoms with Crippen LogP contribution in [0.4, 0.5) is 0 Å². The van der Waals surface area contributed by atoms with Gasteiger partial charge in [0.25, 0.3) is 5.91 Å². The van der Waals surface area contributed by atoms with Crippen molar-refractivity contribution < 1.29 is 19.8 Å². The van der Waals surface area contributed by atoms with Gasteiger partial charge in [-0.1, -0.05) is 30.3 Å². The zero-order valence-corrected chi connectivity index (χ0v) is 10.3. The number of aromatic hydroxyl groups is 1. The van der Waals surface area contributed by atoms with E-state index in [-0.39, 0.29) is 11.3 Å². The third-order valence-corrected chi connectivity index (χ3v) is 2.86. The molecule has 0 bridgehead atoms. The summed E-state index contributed by atoms with van der Waals surface area (Å²) in [5.41, 5.74) is 0.0619. The van der Waals surface area contributed by atoms with Crippen LogP contribution >= 0.6 is 0 Å². The van der Waals surface area contributed by atoms with E-state index in [0.717, 1.165) is 5.39 Å². The molecular formula is C14H13NO4. The molecule has 0 aliphatic heterocycles. The summed E-state index contributed by atoms with van der Waals surface area (Å²) in [6.45, 7) is 1.36. The molecule has 0 radical (unpaired) electrons. The number of nitrogens with one attached hydrogen (secondary N) is 1. The molecule has 98 valence electrons. The first-order valence-electron chi connectivity index (χ1n) is 5.75. The van der Waals surface area contributed by atoms with E-state index in [9.17, 15) is 14.7 Å². The Labute approximate surface area is 109 Å². The van der Waals surface area contributed by atoms with Crippen molar-refractivity contribution in [3.8, 4) is 5.75 Å². The number of phenolic OH excluding ortho intramolecular Hbond substituents is 1. The van der Waals surface area contributed by atoms with Gasteiger partial charge in [-0.15, -0.1) is 0 Å². The van der Waals surface area contributed by atoms with Gasteiger partial charge in [0.2, 0.25) is 0 Å². The number of hydrogen-bond acceptors (Lipinski definition) is 3. The van der Waals surface area contributed by atoms with Gasteiger partial charge >= 0.3 is 5.97 Å². The van der Waals surface area contributed by atoms with Crippen LogP contribution < -0.4 is 5.32 Å². The molecule has 0 saturated heterocycles. The lowest BCUT2D eigenvalue weighted by Gasteiger charge is -2.11. The number of phenols is 1. The summed E-state index contributed by atoms with van der Waals surface area (Å²) in [4.78, 5) is 22.6. The van der Waals surface area contributed by atoms with Gasteiger partial charge in [0.15, 0.2) is 0 Å². The zero-order chi connectivity index (χ0) is 14.0. The number of hydrogen-bond donors (Lipinski definition) is 3. The highest BCUT2D eigenvalue weighted by Gasteiger charge is 2.18. The number of rotatable bonds is 3. The van der Waals surface area contributed by atoms with Gasteiger partial charge < -0.3 is 15.5 Å². The van der Waals surface area contributed by atoms with E-state index >= 15 is 0 Å². The molecule has 0 unspecified atom stereocenters. The van der Waals surface area contributed by atoms with Crippen molar-refractivity contribution in [2.24, 2.45) is 0 Å². The van der Waals surface area contributed by atoms with Crippen molar-refractivity contribution in [3.05, 3.63) is 42.0 Å². The number of carbonyl (C=O) groups excluding carboxylic acids is 1. The van der Waals surface area contributed by atoms with Crippen LogP contribution in [0.5, 0.6) is 5.75 Å². The maximum Gasteiger partial charge on any atom is 0.325 e. The van der Waals surface area contributed by atoms with Crippen LogP contribution in [0.15, 0.2) is 36.4 Å². The van der Waals surface area contributed by atoms with Crippen molar-refractivity contribution >= 4 is 22.6 Å². The Morgan fingerprint density at radius 3 is 2.53 bits per heavy atom. The lowest BCUT2D eigenvalue weighted by molar-refractivity contribution is -0.138. The maximum atomic E-state index is 11.9. The van der Waals surface area contributed by atoms with E-state index in [1.165, 1.54) is 13.0 Å². The highest BCUT2D eigenvalue weighted by atomic mass is 16.4. The molecule has 2 aromatic rings. The van der Waals surface area contributed by atoms with Crippen LogP contribution in [0.1, 0.15) is 17.3 Å². The first-order valence-corrected chi connectivity index (χ1v) is 5.75. The van der Waals surface area contributed by atoms with Gasteiger partial charge in [0.05, 0.1) is 5.56 Å². The Bertz CT molecular complexity index is 651. The number of aliphatic carboxylic acids is 1. The summed E-state index contributed by atoms with van der Waals surface area (Å²) < 4.78 is 0.